The van der Waals surface area contributed by atoms with Gasteiger partial charge in [-0.2, -0.15) is 0 Å². The Hall–Kier alpha value is -3.20. The Morgan fingerprint density at radius 3 is 1.84 bits per heavy atom. The maximum absolute atomic E-state index is 12.6. The predicted molar refractivity (Wildman–Crippen MR) is 210 cm³/mol. The molecule has 4 fully saturated rings. The summed E-state index contributed by atoms with van der Waals surface area (Å²) in [6.45, 7) is 14.2. The average Bonchev–Trinajstić information content (AvgIpc) is 3.73. The standard InChI is InChI=1S/C45H58N2O10/c1-3-15-46-17-13-42-36-28-5-7-31(48)38(36)56-40(42)33(9-11-44(42,50)30(25-28)27-46)54-23-21-52-19-20-53-22-24-55-34-10-12-45(51)35-26-29-6-8-32(49)39-37(29)43(45,41(34)57-39)14-18-47(35)16-4-2/h3-8,30,33-35,40-41,48-51H,1-2,9-27H2/t30?,33?,34?,35?,40-,41?,42-,43-,44+,45+/m0/s1. The van der Waals surface area contributed by atoms with E-state index in [0.29, 0.717) is 76.8 Å². The highest BCUT2D eigenvalue weighted by Gasteiger charge is 2.74. The van der Waals surface area contributed by atoms with Crippen LogP contribution >= 0.6 is 0 Å². The molecule has 4 bridgehead atoms. The molecule has 308 valence electrons. The van der Waals surface area contributed by atoms with Gasteiger partial charge in [-0.15, -0.1) is 13.2 Å². The summed E-state index contributed by atoms with van der Waals surface area (Å²) in [7, 11) is 0. The number of ether oxygens (including phenoxy) is 6. The van der Waals surface area contributed by atoms with Gasteiger partial charge in [0.15, 0.2) is 23.0 Å². The number of piperidine rings is 1. The van der Waals surface area contributed by atoms with Gasteiger partial charge < -0.3 is 48.8 Å². The van der Waals surface area contributed by atoms with E-state index in [1.165, 1.54) is 5.56 Å². The number of rotatable bonds is 15. The topological polar surface area (TPSA) is 143 Å². The SMILES string of the molecule is C=CCN1CC[C@]23c4c5ccc(O)c4O[C@H]2C(OCCOCCOCCOC2CC[C@@]4(O)C6Cc7ccc(O)c8c7[C@@]4(CCN6CC=C)C2O8)CC[C@@]3(O)C(C5)C1. The van der Waals surface area contributed by atoms with Crippen LogP contribution in [0.4, 0.5) is 0 Å². The molecule has 12 nitrogen and oxygen atoms in total. The van der Waals surface area contributed by atoms with Crippen molar-refractivity contribution in [2.75, 3.05) is 72.4 Å². The predicted octanol–water partition coefficient (Wildman–Crippen LogP) is 3.53. The zero-order valence-corrected chi connectivity index (χ0v) is 32.9. The lowest BCUT2D eigenvalue weighted by Crippen LogP contribution is -2.77. The van der Waals surface area contributed by atoms with Gasteiger partial charge in [0.1, 0.15) is 12.2 Å². The maximum atomic E-state index is 12.6. The minimum absolute atomic E-state index is 0.0451. The number of hydrogen-bond acceptors (Lipinski definition) is 12. The van der Waals surface area contributed by atoms with E-state index in [-0.39, 0.29) is 35.7 Å². The molecule has 4 heterocycles. The first-order chi connectivity index (χ1) is 27.7. The van der Waals surface area contributed by atoms with Gasteiger partial charge in [0.2, 0.25) is 0 Å². The number of nitrogens with zero attached hydrogens (tertiary/aromatic N) is 2. The Kier molecular flexibility index (Phi) is 9.49. The molecule has 12 heteroatoms. The fourth-order valence-electron chi connectivity index (χ4n) is 13.3. The Bertz CT molecular complexity index is 1910. The Morgan fingerprint density at radius 2 is 1.23 bits per heavy atom. The van der Waals surface area contributed by atoms with Crippen LogP contribution in [0.25, 0.3) is 0 Å². The molecule has 0 amide bonds. The van der Waals surface area contributed by atoms with E-state index in [4.69, 9.17) is 28.4 Å². The summed E-state index contributed by atoms with van der Waals surface area (Å²) in [4.78, 5) is 4.74. The van der Waals surface area contributed by atoms with Gasteiger partial charge in [-0.05, 0) is 87.7 Å². The molecule has 2 aromatic carbocycles. The molecule has 57 heavy (non-hydrogen) atoms. The molecular formula is C45H58N2O10. The number of phenolic OH excluding ortho intramolecular Hbond substituents is 2. The Balaban J connectivity index is 0.710. The summed E-state index contributed by atoms with van der Waals surface area (Å²) in [6.07, 6.45) is 8.06. The fraction of sp³-hybridized carbons (Fsp3) is 0.644. The van der Waals surface area contributed by atoms with Gasteiger partial charge in [0.05, 0.1) is 73.9 Å². The summed E-state index contributed by atoms with van der Waals surface area (Å²) < 4.78 is 38.0. The van der Waals surface area contributed by atoms with Crippen molar-refractivity contribution in [1.82, 2.24) is 9.80 Å². The third-order valence-electron chi connectivity index (χ3n) is 15.5. The molecule has 10 atom stereocenters. The number of aromatic hydroxyl groups is 2. The molecule has 4 N–H and O–H groups in total. The monoisotopic (exact) mass is 786 g/mol. The van der Waals surface area contributed by atoms with Crippen LogP contribution in [-0.4, -0.2) is 144 Å². The van der Waals surface area contributed by atoms with Crippen molar-refractivity contribution in [2.45, 2.75) is 104 Å². The van der Waals surface area contributed by atoms with E-state index >= 15 is 0 Å². The summed E-state index contributed by atoms with van der Waals surface area (Å²) in [5, 5.41) is 47.0. The normalized spacial score (nSPS) is 38.1. The van der Waals surface area contributed by atoms with Crippen LogP contribution in [0.3, 0.4) is 0 Å². The zero-order chi connectivity index (χ0) is 39.2. The van der Waals surface area contributed by atoms with E-state index in [1.54, 1.807) is 12.1 Å². The van der Waals surface area contributed by atoms with Gasteiger partial charge in [-0.25, -0.2) is 0 Å². The molecule has 2 saturated carbocycles. The van der Waals surface area contributed by atoms with E-state index in [1.807, 2.05) is 24.3 Å². The molecular weight excluding hydrogens is 728 g/mol. The molecule has 10 rings (SSSR count). The van der Waals surface area contributed by atoms with Crippen molar-refractivity contribution in [1.29, 1.82) is 0 Å². The number of likely N-dealkylation sites (tertiary alicyclic amines) is 2. The van der Waals surface area contributed by atoms with Crippen molar-refractivity contribution in [2.24, 2.45) is 5.92 Å². The summed E-state index contributed by atoms with van der Waals surface area (Å²) in [5.41, 5.74) is 1.08. The molecule has 0 radical (unpaired) electrons. The zero-order valence-electron chi connectivity index (χ0n) is 32.9. The minimum Gasteiger partial charge on any atom is -0.504 e. The quantitative estimate of drug-likeness (QED) is 0.155. The molecule has 2 spiro atoms. The van der Waals surface area contributed by atoms with E-state index < -0.39 is 34.2 Å². The highest BCUT2D eigenvalue weighted by molar-refractivity contribution is 5.63. The van der Waals surface area contributed by atoms with Gasteiger partial charge >= 0.3 is 0 Å². The van der Waals surface area contributed by atoms with Crippen LogP contribution in [0.15, 0.2) is 49.6 Å². The lowest BCUT2D eigenvalue weighted by atomic mass is 9.48. The lowest BCUT2D eigenvalue weighted by molar-refractivity contribution is -0.215. The fourth-order valence-corrected chi connectivity index (χ4v) is 13.3. The highest BCUT2D eigenvalue weighted by atomic mass is 16.6. The first-order valence-corrected chi connectivity index (χ1v) is 21.3. The van der Waals surface area contributed by atoms with Crippen LogP contribution in [0.2, 0.25) is 0 Å². The Labute approximate surface area is 334 Å². The number of benzene rings is 2. The summed E-state index contributed by atoms with van der Waals surface area (Å²) in [6, 6.07) is 7.42. The first kappa shape index (κ1) is 38.0. The minimum atomic E-state index is -0.981. The lowest BCUT2D eigenvalue weighted by Gasteiger charge is -2.64. The van der Waals surface area contributed by atoms with Crippen molar-refractivity contribution in [3.8, 4) is 23.0 Å². The van der Waals surface area contributed by atoms with Crippen LogP contribution in [0, 0.1) is 5.92 Å². The van der Waals surface area contributed by atoms with E-state index in [2.05, 4.69) is 23.0 Å². The molecule has 8 aliphatic rings. The largest absolute Gasteiger partial charge is 0.504 e. The van der Waals surface area contributed by atoms with Gasteiger partial charge in [0.25, 0.3) is 0 Å². The molecule has 2 saturated heterocycles. The maximum Gasteiger partial charge on any atom is 0.165 e. The van der Waals surface area contributed by atoms with E-state index in [9.17, 15) is 20.4 Å². The molecule has 5 unspecified atom stereocenters. The van der Waals surface area contributed by atoms with Crippen molar-refractivity contribution in [3.63, 3.8) is 0 Å². The molecule has 0 aromatic heterocycles. The van der Waals surface area contributed by atoms with Crippen molar-refractivity contribution < 1.29 is 48.8 Å². The van der Waals surface area contributed by atoms with Crippen molar-refractivity contribution in [3.05, 3.63) is 71.8 Å². The Morgan fingerprint density at radius 1 is 0.684 bits per heavy atom. The third-order valence-corrected chi connectivity index (χ3v) is 15.5. The van der Waals surface area contributed by atoms with Gasteiger partial charge in [-0.1, -0.05) is 24.3 Å². The number of aliphatic hydroxyl groups is 2. The third kappa shape index (κ3) is 5.34. The second kappa shape index (κ2) is 14.2. The summed E-state index contributed by atoms with van der Waals surface area (Å²) in [5.74, 6) is 1.34. The van der Waals surface area contributed by atoms with Gasteiger partial charge in [-0.3, -0.25) is 9.80 Å². The van der Waals surface area contributed by atoms with Crippen LogP contribution in [-0.2, 0) is 42.6 Å². The molecule has 4 aliphatic carbocycles. The highest BCUT2D eigenvalue weighted by Crippen LogP contribution is 2.67. The first-order valence-electron chi connectivity index (χ1n) is 21.3. The molecule has 2 aromatic rings. The summed E-state index contributed by atoms with van der Waals surface area (Å²) >= 11 is 0. The van der Waals surface area contributed by atoms with Crippen LogP contribution in [0.5, 0.6) is 23.0 Å². The smallest absolute Gasteiger partial charge is 0.165 e. The van der Waals surface area contributed by atoms with Crippen LogP contribution in [0.1, 0.15) is 60.8 Å². The second-order valence-corrected chi connectivity index (χ2v) is 17.8. The van der Waals surface area contributed by atoms with Gasteiger partial charge in [0, 0.05) is 42.7 Å². The van der Waals surface area contributed by atoms with Crippen LogP contribution < -0.4 is 9.47 Å². The molecule has 4 aliphatic heterocycles. The average molecular weight is 787 g/mol. The number of hydrogen-bond donors (Lipinski definition) is 4. The van der Waals surface area contributed by atoms with E-state index in [0.717, 1.165) is 75.1 Å². The van der Waals surface area contributed by atoms with Crippen molar-refractivity contribution >= 4 is 0 Å². The second-order valence-electron chi connectivity index (χ2n) is 17.8. The number of phenols is 2.